The lowest BCUT2D eigenvalue weighted by atomic mass is 9.90. The standard InChI is InChI=1S/C44H68N2/c1-7-13-17-19-21-23-25-37-30-38(26-24-22-20-18-14-8-2)34-40(33-37)44-42(28-16-10-4)41(27-15-9-3)43(46(44)45)39-31-35(11-5)29-36(12-6)32-39/h29-34H,7-28H2,1-6H3. The normalized spacial score (nSPS) is 13.5. The quantitative estimate of drug-likeness (QED) is 0.0820. The van der Waals surface area contributed by atoms with Gasteiger partial charge in [-0.25, -0.2) is 4.70 Å². The molecule has 2 aromatic carbocycles. The minimum Gasteiger partial charge on any atom is -0.493 e. The van der Waals surface area contributed by atoms with Crippen LogP contribution in [0.25, 0.3) is 16.9 Å². The fourth-order valence-electron chi connectivity index (χ4n) is 7.21. The zero-order valence-corrected chi connectivity index (χ0v) is 30.9. The molecule has 0 fully saturated rings. The number of benzene rings is 2. The lowest BCUT2D eigenvalue weighted by Gasteiger charge is -2.14. The van der Waals surface area contributed by atoms with Crippen LogP contribution in [0.2, 0.25) is 0 Å². The number of hydrogen-bond acceptors (Lipinski definition) is 0. The van der Waals surface area contributed by atoms with Gasteiger partial charge in [-0.15, -0.1) is 0 Å². The summed E-state index contributed by atoms with van der Waals surface area (Å²) < 4.78 is 1.63. The summed E-state index contributed by atoms with van der Waals surface area (Å²) in [5, 5.41) is 0. The Morgan fingerprint density at radius 2 is 0.739 bits per heavy atom. The van der Waals surface area contributed by atoms with Crippen LogP contribution in [0.5, 0.6) is 0 Å². The first-order valence-electron chi connectivity index (χ1n) is 19.7. The molecule has 254 valence electrons. The van der Waals surface area contributed by atoms with E-state index in [1.165, 1.54) is 122 Å². The molecule has 0 saturated carbocycles. The van der Waals surface area contributed by atoms with Gasteiger partial charge < -0.3 is 5.53 Å². The van der Waals surface area contributed by atoms with Crippen molar-refractivity contribution in [3.63, 3.8) is 0 Å². The van der Waals surface area contributed by atoms with Crippen molar-refractivity contribution < 1.29 is 4.70 Å². The number of unbranched alkanes of at least 4 members (excludes halogenated alkanes) is 12. The second-order valence-electron chi connectivity index (χ2n) is 14.0. The summed E-state index contributed by atoms with van der Waals surface area (Å²) in [4.78, 5) is 0. The largest absolute Gasteiger partial charge is 0.493 e. The van der Waals surface area contributed by atoms with Gasteiger partial charge in [0.05, 0.1) is 0 Å². The van der Waals surface area contributed by atoms with Crippen LogP contribution in [0.3, 0.4) is 0 Å². The Kier molecular flexibility index (Phi) is 17.7. The van der Waals surface area contributed by atoms with Crippen LogP contribution in [0.15, 0.2) is 47.5 Å². The van der Waals surface area contributed by atoms with E-state index >= 15 is 0 Å². The molecule has 0 unspecified atom stereocenters. The number of hydrogen-bond donors (Lipinski definition) is 0. The molecule has 0 aromatic heterocycles. The average Bonchev–Trinajstić information content (AvgIpc) is 3.35. The van der Waals surface area contributed by atoms with E-state index in [1.54, 1.807) is 4.70 Å². The molecule has 1 heterocycles. The van der Waals surface area contributed by atoms with Crippen molar-refractivity contribution in [1.29, 1.82) is 0 Å². The molecular weight excluding hydrogens is 556 g/mol. The number of nitrogens with zero attached hydrogens (tertiary/aromatic N) is 2. The number of aryl methyl sites for hydroxylation is 4. The highest BCUT2D eigenvalue weighted by atomic mass is 15.2. The Bertz CT molecular complexity index is 1220. The molecule has 0 spiro atoms. The molecule has 3 rings (SSSR count). The average molecular weight is 625 g/mol. The number of allylic oxidation sites excluding steroid dienone is 2. The third-order valence-corrected chi connectivity index (χ3v) is 10.0. The van der Waals surface area contributed by atoms with Crippen LogP contribution in [-0.2, 0) is 25.7 Å². The number of rotatable bonds is 24. The maximum Gasteiger partial charge on any atom is 0.211 e. The summed E-state index contributed by atoms with van der Waals surface area (Å²) in [5.41, 5.74) is 25.2. The highest BCUT2D eigenvalue weighted by Gasteiger charge is 2.35. The van der Waals surface area contributed by atoms with Crippen LogP contribution in [0.4, 0.5) is 0 Å². The topological polar surface area (TPSA) is 25.3 Å². The Hall–Kier alpha value is -2.48. The lowest BCUT2D eigenvalue weighted by Crippen LogP contribution is -2.05. The maximum absolute atomic E-state index is 12.3. The molecule has 1 aliphatic rings. The summed E-state index contributed by atoms with van der Waals surface area (Å²) in [7, 11) is 0. The Labute approximate surface area is 284 Å². The monoisotopic (exact) mass is 625 g/mol. The first kappa shape index (κ1) is 38.0. The van der Waals surface area contributed by atoms with Gasteiger partial charge in [-0.1, -0.05) is 131 Å². The molecule has 0 aliphatic carbocycles. The summed E-state index contributed by atoms with van der Waals surface area (Å²) in [6.45, 7) is 13.7. The molecule has 0 amide bonds. The second-order valence-corrected chi connectivity index (χ2v) is 14.0. The van der Waals surface area contributed by atoms with Gasteiger partial charge in [-0.05, 0) is 111 Å². The van der Waals surface area contributed by atoms with E-state index in [9.17, 15) is 5.53 Å². The van der Waals surface area contributed by atoms with Gasteiger partial charge in [0, 0.05) is 22.3 Å². The van der Waals surface area contributed by atoms with Crippen LogP contribution >= 0.6 is 0 Å². The summed E-state index contributed by atoms with van der Waals surface area (Å²) in [5.74, 6) is 0. The van der Waals surface area contributed by atoms with Crippen LogP contribution in [0, 0.1) is 0 Å². The molecule has 1 aliphatic heterocycles. The lowest BCUT2D eigenvalue weighted by molar-refractivity contribution is -0.345. The van der Waals surface area contributed by atoms with E-state index in [0.29, 0.717) is 0 Å². The van der Waals surface area contributed by atoms with E-state index in [-0.39, 0.29) is 0 Å². The van der Waals surface area contributed by atoms with Crippen molar-refractivity contribution >= 4 is 11.4 Å². The van der Waals surface area contributed by atoms with E-state index in [1.807, 2.05) is 0 Å². The van der Waals surface area contributed by atoms with Gasteiger partial charge in [-0.3, -0.25) is 0 Å². The van der Waals surface area contributed by atoms with Gasteiger partial charge >= 0.3 is 0 Å². The molecule has 2 nitrogen and oxygen atoms in total. The van der Waals surface area contributed by atoms with Crippen molar-refractivity contribution in [3.05, 3.63) is 86.5 Å². The summed E-state index contributed by atoms with van der Waals surface area (Å²) in [6, 6.07) is 14.4. The second kappa shape index (κ2) is 21.4. The summed E-state index contributed by atoms with van der Waals surface area (Å²) in [6.07, 6.45) is 26.8. The molecule has 0 saturated heterocycles. The van der Waals surface area contributed by atoms with Crippen molar-refractivity contribution in [2.75, 3.05) is 0 Å². The van der Waals surface area contributed by atoms with E-state index in [4.69, 9.17) is 0 Å². The van der Waals surface area contributed by atoms with E-state index < -0.39 is 0 Å². The highest BCUT2D eigenvalue weighted by Crippen LogP contribution is 2.45. The molecule has 2 heteroatoms. The first-order valence-corrected chi connectivity index (χ1v) is 19.7. The molecule has 2 aromatic rings. The molecule has 0 radical (unpaired) electrons. The zero-order valence-electron chi connectivity index (χ0n) is 30.9. The predicted octanol–water partition coefficient (Wildman–Crippen LogP) is 14.2. The Balaban J connectivity index is 2.06. The minimum atomic E-state index is 1.01. The van der Waals surface area contributed by atoms with Crippen LogP contribution in [-0.4, -0.2) is 4.70 Å². The first-order chi connectivity index (χ1) is 22.5. The molecular formula is C44H68N2. The van der Waals surface area contributed by atoms with Crippen LogP contribution < -0.4 is 0 Å². The third kappa shape index (κ3) is 11.3. The van der Waals surface area contributed by atoms with Gasteiger partial charge in [0.15, 0.2) is 0 Å². The fourth-order valence-corrected chi connectivity index (χ4v) is 7.21. The van der Waals surface area contributed by atoms with Gasteiger partial charge in [0.2, 0.25) is 11.4 Å². The van der Waals surface area contributed by atoms with Crippen LogP contribution in [0.1, 0.15) is 190 Å². The van der Waals surface area contributed by atoms with E-state index in [0.717, 1.165) is 75.6 Å². The smallest absolute Gasteiger partial charge is 0.211 e. The maximum atomic E-state index is 12.3. The van der Waals surface area contributed by atoms with Gasteiger partial charge in [0.1, 0.15) is 0 Å². The van der Waals surface area contributed by atoms with Crippen molar-refractivity contribution in [2.45, 2.75) is 183 Å². The SMILES string of the molecule is CCCCCCCCc1cc(CCCCCCCC)cc(C2=C(CCCC)C(CCCC)=C(c3cc(CC)cc(CC)c3)[N+]2=[N-])c1. The Morgan fingerprint density at radius 1 is 0.391 bits per heavy atom. The molecule has 0 atom stereocenters. The fraction of sp³-hybridized carbons (Fsp3) is 0.636. The van der Waals surface area contributed by atoms with Crippen molar-refractivity contribution in [3.8, 4) is 0 Å². The molecule has 46 heavy (non-hydrogen) atoms. The van der Waals surface area contributed by atoms with Gasteiger partial charge in [0.25, 0.3) is 0 Å². The highest BCUT2D eigenvalue weighted by molar-refractivity contribution is 5.82. The minimum absolute atomic E-state index is 1.01. The molecule has 0 N–H and O–H groups in total. The van der Waals surface area contributed by atoms with Gasteiger partial charge in [-0.2, -0.15) is 0 Å². The third-order valence-electron chi connectivity index (χ3n) is 10.0. The Morgan fingerprint density at radius 3 is 1.13 bits per heavy atom. The van der Waals surface area contributed by atoms with E-state index in [2.05, 4.69) is 77.9 Å². The summed E-state index contributed by atoms with van der Waals surface area (Å²) >= 11 is 0. The zero-order chi connectivity index (χ0) is 33.1. The predicted molar refractivity (Wildman–Crippen MR) is 202 cm³/mol. The van der Waals surface area contributed by atoms with Crippen molar-refractivity contribution in [1.82, 2.24) is 0 Å². The molecule has 0 bridgehead atoms. The van der Waals surface area contributed by atoms with Crippen molar-refractivity contribution in [2.24, 2.45) is 0 Å².